The topological polar surface area (TPSA) is 30.5 Å². The Hall–Kier alpha value is -0.120. The van der Waals surface area contributed by atoms with Gasteiger partial charge in [0.1, 0.15) is 0 Å². The second kappa shape index (κ2) is 5.83. The molecule has 90 valence electrons. The molecule has 0 bridgehead atoms. The molecule has 2 atom stereocenters. The van der Waals surface area contributed by atoms with Crippen LogP contribution in [0.4, 0.5) is 0 Å². The second-order valence-corrected chi connectivity index (χ2v) is 5.19. The molecular formula is C12H25NO2. The van der Waals surface area contributed by atoms with E-state index in [4.69, 9.17) is 9.47 Å². The van der Waals surface area contributed by atoms with E-state index in [-0.39, 0.29) is 11.7 Å². The van der Waals surface area contributed by atoms with E-state index in [0.29, 0.717) is 6.04 Å². The van der Waals surface area contributed by atoms with E-state index in [2.05, 4.69) is 33.0 Å². The first-order valence-corrected chi connectivity index (χ1v) is 6.02. The third-order valence-electron chi connectivity index (χ3n) is 2.47. The number of nitrogens with one attached hydrogen (secondary N) is 1. The highest BCUT2D eigenvalue weighted by Gasteiger charge is 2.29. The van der Waals surface area contributed by atoms with E-state index in [1.54, 1.807) is 0 Å². The Balaban J connectivity index is 2.42. The molecule has 1 N–H and O–H groups in total. The first-order chi connectivity index (χ1) is 7.03. The monoisotopic (exact) mass is 215 g/mol. The summed E-state index contributed by atoms with van der Waals surface area (Å²) in [6, 6.07) is 0.456. The Labute approximate surface area is 93.5 Å². The Morgan fingerprint density at radius 2 is 2.13 bits per heavy atom. The van der Waals surface area contributed by atoms with Gasteiger partial charge in [-0.3, -0.25) is 0 Å². The van der Waals surface area contributed by atoms with E-state index in [1.807, 2.05) is 0 Å². The standard InChI is InChI=1S/C12H25NO2/c1-5-7-13-10-6-8-14-9-11(10)15-12(2,3)4/h10-11,13H,5-9H2,1-4H3. The van der Waals surface area contributed by atoms with Crippen LogP contribution in [-0.4, -0.2) is 37.5 Å². The van der Waals surface area contributed by atoms with Gasteiger partial charge in [-0.25, -0.2) is 0 Å². The maximum Gasteiger partial charge on any atom is 0.0968 e. The van der Waals surface area contributed by atoms with Crippen molar-refractivity contribution >= 4 is 0 Å². The van der Waals surface area contributed by atoms with Crippen molar-refractivity contribution in [3.8, 4) is 0 Å². The van der Waals surface area contributed by atoms with Crippen LogP contribution in [0.3, 0.4) is 0 Å². The summed E-state index contributed by atoms with van der Waals surface area (Å²) in [5.74, 6) is 0. The summed E-state index contributed by atoms with van der Waals surface area (Å²) >= 11 is 0. The minimum atomic E-state index is -0.0858. The molecule has 0 spiro atoms. The smallest absolute Gasteiger partial charge is 0.0968 e. The molecule has 0 amide bonds. The van der Waals surface area contributed by atoms with E-state index in [9.17, 15) is 0 Å². The lowest BCUT2D eigenvalue weighted by atomic mass is 10.0. The van der Waals surface area contributed by atoms with Gasteiger partial charge in [0.15, 0.2) is 0 Å². The minimum Gasteiger partial charge on any atom is -0.379 e. The number of rotatable bonds is 4. The summed E-state index contributed by atoms with van der Waals surface area (Å²) < 4.78 is 11.5. The van der Waals surface area contributed by atoms with Gasteiger partial charge in [-0.15, -0.1) is 0 Å². The molecule has 1 saturated heterocycles. The molecule has 15 heavy (non-hydrogen) atoms. The van der Waals surface area contributed by atoms with Crippen molar-refractivity contribution in [2.24, 2.45) is 0 Å². The van der Waals surface area contributed by atoms with Crippen LogP contribution in [0.2, 0.25) is 0 Å². The molecule has 1 aliphatic heterocycles. The summed E-state index contributed by atoms with van der Waals surface area (Å²) in [6.07, 6.45) is 2.42. The number of hydrogen-bond acceptors (Lipinski definition) is 3. The highest BCUT2D eigenvalue weighted by atomic mass is 16.5. The molecule has 0 aromatic carbocycles. The third kappa shape index (κ3) is 4.96. The molecule has 3 nitrogen and oxygen atoms in total. The summed E-state index contributed by atoms with van der Waals surface area (Å²) in [6.45, 7) is 11.1. The molecule has 2 unspecified atom stereocenters. The van der Waals surface area contributed by atoms with Crippen LogP contribution in [0.1, 0.15) is 40.5 Å². The highest BCUT2D eigenvalue weighted by molar-refractivity contribution is 4.82. The Kier molecular flexibility index (Phi) is 5.03. The summed E-state index contributed by atoms with van der Waals surface area (Å²) in [7, 11) is 0. The highest BCUT2D eigenvalue weighted by Crippen LogP contribution is 2.18. The van der Waals surface area contributed by atoms with Crippen molar-refractivity contribution in [1.29, 1.82) is 0 Å². The Morgan fingerprint density at radius 1 is 1.40 bits per heavy atom. The Bertz CT molecular complexity index is 177. The lowest BCUT2D eigenvalue weighted by Crippen LogP contribution is -2.50. The van der Waals surface area contributed by atoms with Gasteiger partial charge in [0.25, 0.3) is 0 Å². The van der Waals surface area contributed by atoms with Crippen molar-refractivity contribution in [1.82, 2.24) is 5.32 Å². The van der Waals surface area contributed by atoms with Crippen LogP contribution in [0.5, 0.6) is 0 Å². The first-order valence-electron chi connectivity index (χ1n) is 6.02. The third-order valence-corrected chi connectivity index (χ3v) is 2.47. The van der Waals surface area contributed by atoms with Crippen LogP contribution in [0, 0.1) is 0 Å². The molecule has 0 aromatic rings. The van der Waals surface area contributed by atoms with E-state index in [1.165, 1.54) is 6.42 Å². The lowest BCUT2D eigenvalue weighted by molar-refractivity contribution is -0.127. The van der Waals surface area contributed by atoms with Gasteiger partial charge in [-0.1, -0.05) is 6.92 Å². The van der Waals surface area contributed by atoms with Gasteiger partial charge >= 0.3 is 0 Å². The lowest BCUT2D eigenvalue weighted by Gasteiger charge is -2.36. The molecule has 1 heterocycles. The molecular weight excluding hydrogens is 190 g/mol. The largest absolute Gasteiger partial charge is 0.379 e. The van der Waals surface area contributed by atoms with E-state index in [0.717, 1.165) is 26.2 Å². The zero-order chi connectivity index (χ0) is 11.3. The van der Waals surface area contributed by atoms with Gasteiger partial charge in [-0.2, -0.15) is 0 Å². The molecule has 0 aliphatic carbocycles. The maximum absolute atomic E-state index is 6.00. The maximum atomic E-state index is 6.00. The van der Waals surface area contributed by atoms with E-state index < -0.39 is 0 Å². The quantitative estimate of drug-likeness (QED) is 0.777. The fourth-order valence-corrected chi connectivity index (χ4v) is 1.85. The predicted octanol–water partition coefficient (Wildman–Crippen LogP) is 1.96. The zero-order valence-corrected chi connectivity index (χ0v) is 10.5. The molecule has 3 heteroatoms. The van der Waals surface area contributed by atoms with Crippen molar-refractivity contribution < 1.29 is 9.47 Å². The van der Waals surface area contributed by atoms with Gasteiger partial charge in [0.05, 0.1) is 18.3 Å². The average molecular weight is 215 g/mol. The Morgan fingerprint density at radius 3 is 2.73 bits per heavy atom. The molecule has 1 rings (SSSR count). The van der Waals surface area contributed by atoms with Crippen LogP contribution < -0.4 is 5.32 Å². The average Bonchev–Trinajstić information content (AvgIpc) is 2.14. The molecule has 0 radical (unpaired) electrons. The fourth-order valence-electron chi connectivity index (χ4n) is 1.85. The summed E-state index contributed by atoms with van der Waals surface area (Å²) in [5, 5.41) is 3.54. The normalized spacial score (nSPS) is 28.0. The van der Waals surface area contributed by atoms with Crippen LogP contribution in [0.15, 0.2) is 0 Å². The van der Waals surface area contributed by atoms with Crippen LogP contribution in [-0.2, 0) is 9.47 Å². The SMILES string of the molecule is CCCNC1CCOCC1OC(C)(C)C. The number of ether oxygens (including phenoxy) is 2. The first kappa shape index (κ1) is 12.9. The van der Waals surface area contributed by atoms with Crippen LogP contribution in [0.25, 0.3) is 0 Å². The van der Waals surface area contributed by atoms with Gasteiger partial charge in [0.2, 0.25) is 0 Å². The van der Waals surface area contributed by atoms with Crippen LogP contribution >= 0.6 is 0 Å². The van der Waals surface area contributed by atoms with Gasteiger partial charge in [0, 0.05) is 12.6 Å². The minimum absolute atomic E-state index is 0.0858. The molecule has 1 aliphatic rings. The molecule has 0 saturated carbocycles. The second-order valence-electron chi connectivity index (χ2n) is 5.19. The van der Waals surface area contributed by atoms with Crippen molar-refractivity contribution in [3.63, 3.8) is 0 Å². The zero-order valence-electron chi connectivity index (χ0n) is 10.5. The molecule has 1 fully saturated rings. The summed E-state index contributed by atoms with van der Waals surface area (Å²) in [5.41, 5.74) is -0.0858. The number of hydrogen-bond donors (Lipinski definition) is 1. The van der Waals surface area contributed by atoms with Gasteiger partial charge < -0.3 is 14.8 Å². The predicted molar refractivity (Wildman–Crippen MR) is 62.1 cm³/mol. The fraction of sp³-hybridized carbons (Fsp3) is 1.00. The molecule has 0 aromatic heterocycles. The van der Waals surface area contributed by atoms with Crippen molar-refractivity contribution in [3.05, 3.63) is 0 Å². The van der Waals surface area contributed by atoms with E-state index >= 15 is 0 Å². The van der Waals surface area contributed by atoms with Crippen molar-refractivity contribution in [2.45, 2.75) is 58.3 Å². The van der Waals surface area contributed by atoms with Gasteiger partial charge in [-0.05, 0) is 40.2 Å². The summed E-state index contributed by atoms with van der Waals surface area (Å²) in [4.78, 5) is 0. The van der Waals surface area contributed by atoms with Crippen molar-refractivity contribution in [2.75, 3.05) is 19.8 Å².